The molecule has 19 heavy (non-hydrogen) atoms. The number of aromatic nitrogens is 4. The fraction of sp³-hybridized carbons (Fsp3) is 0.692. The van der Waals surface area contributed by atoms with Crippen LogP contribution in [-0.4, -0.2) is 31.5 Å². The van der Waals surface area contributed by atoms with E-state index in [1.807, 2.05) is 11.7 Å². The number of nitrogens with one attached hydrogen (secondary N) is 1. The minimum Gasteiger partial charge on any atom is -0.373 e. The molecule has 2 aromatic heterocycles. The van der Waals surface area contributed by atoms with Gasteiger partial charge < -0.3 is 9.72 Å². The molecule has 0 radical (unpaired) electrons. The molecule has 2 aliphatic heterocycles. The molecule has 4 rings (SSSR count). The quantitative estimate of drug-likeness (QED) is 0.859. The van der Waals surface area contributed by atoms with Crippen molar-refractivity contribution in [1.29, 1.82) is 0 Å². The normalized spacial score (nSPS) is 29.7. The lowest BCUT2D eigenvalue weighted by Gasteiger charge is -2.20. The number of H-pyrrole nitrogens is 1. The Kier molecular flexibility index (Phi) is 2.41. The van der Waals surface area contributed by atoms with Gasteiger partial charge in [0.05, 0.1) is 23.9 Å². The van der Waals surface area contributed by atoms with Crippen molar-refractivity contribution in [2.24, 2.45) is 7.05 Å². The molecule has 0 aromatic carbocycles. The van der Waals surface area contributed by atoms with E-state index < -0.39 is 0 Å². The van der Waals surface area contributed by atoms with Gasteiger partial charge in [0.1, 0.15) is 5.52 Å². The van der Waals surface area contributed by atoms with Crippen LogP contribution in [0.5, 0.6) is 0 Å². The standard InChI is InChI=1S/C13H18N4OS/c1-3-8-11-12(16(2)15-8)17(13(19)14-11)9-6-7-4-5-10(9)18-7/h7,9-10H,3-6H2,1-2H3,(H,14,19). The third kappa shape index (κ3) is 1.50. The summed E-state index contributed by atoms with van der Waals surface area (Å²) in [5.41, 5.74) is 3.30. The Balaban J connectivity index is 1.92. The Morgan fingerprint density at radius 3 is 2.95 bits per heavy atom. The summed E-state index contributed by atoms with van der Waals surface area (Å²) in [7, 11) is 1.99. The van der Waals surface area contributed by atoms with Crippen molar-refractivity contribution in [3.8, 4) is 0 Å². The zero-order valence-corrected chi connectivity index (χ0v) is 12.0. The molecule has 2 aliphatic rings. The molecule has 3 unspecified atom stereocenters. The first kappa shape index (κ1) is 11.7. The fourth-order valence-electron chi connectivity index (χ4n) is 3.67. The SMILES string of the molecule is CCc1nn(C)c2c1[nH]c(=S)n2C1CC2CCC1O2. The third-order valence-corrected chi connectivity index (χ3v) is 4.81. The maximum atomic E-state index is 5.97. The molecule has 102 valence electrons. The summed E-state index contributed by atoms with van der Waals surface area (Å²) in [6.45, 7) is 2.12. The number of aromatic amines is 1. The molecule has 0 spiro atoms. The summed E-state index contributed by atoms with van der Waals surface area (Å²) in [4.78, 5) is 3.34. The van der Waals surface area contributed by atoms with Gasteiger partial charge in [-0.2, -0.15) is 5.10 Å². The largest absolute Gasteiger partial charge is 0.373 e. The number of hydrogen-bond acceptors (Lipinski definition) is 3. The molecular formula is C13H18N4OS. The number of fused-ring (bicyclic) bond motifs is 3. The van der Waals surface area contributed by atoms with E-state index in [-0.39, 0.29) is 0 Å². The summed E-state index contributed by atoms with van der Waals surface area (Å²) in [6.07, 6.45) is 5.12. The summed E-state index contributed by atoms with van der Waals surface area (Å²) in [5.74, 6) is 0. The van der Waals surface area contributed by atoms with Crippen molar-refractivity contribution in [2.45, 2.75) is 50.9 Å². The van der Waals surface area contributed by atoms with Crippen LogP contribution in [0.2, 0.25) is 0 Å². The number of aryl methyl sites for hydroxylation is 2. The van der Waals surface area contributed by atoms with Crippen LogP contribution in [0.15, 0.2) is 0 Å². The second-order valence-corrected chi connectivity index (χ2v) is 5.99. The molecular weight excluding hydrogens is 260 g/mol. The van der Waals surface area contributed by atoms with Crippen molar-refractivity contribution >= 4 is 23.4 Å². The molecule has 0 aliphatic carbocycles. The van der Waals surface area contributed by atoms with Crippen LogP contribution in [0, 0.1) is 4.77 Å². The van der Waals surface area contributed by atoms with E-state index in [1.165, 1.54) is 6.42 Å². The predicted octanol–water partition coefficient (Wildman–Crippen LogP) is 2.49. The van der Waals surface area contributed by atoms with Crippen LogP contribution >= 0.6 is 12.2 Å². The van der Waals surface area contributed by atoms with Crippen LogP contribution < -0.4 is 0 Å². The van der Waals surface area contributed by atoms with Gasteiger partial charge in [0.15, 0.2) is 10.4 Å². The van der Waals surface area contributed by atoms with Crippen LogP contribution in [0.25, 0.3) is 11.2 Å². The molecule has 2 aromatic rings. The van der Waals surface area contributed by atoms with Gasteiger partial charge in [0, 0.05) is 7.05 Å². The lowest BCUT2D eigenvalue weighted by atomic mass is 9.95. The minimum absolute atomic E-state index is 0.329. The van der Waals surface area contributed by atoms with E-state index in [4.69, 9.17) is 17.0 Å². The van der Waals surface area contributed by atoms with Crippen LogP contribution in [0.4, 0.5) is 0 Å². The van der Waals surface area contributed by atoms with E-state index >= 15 is 0 Å². The van der Waals surface area contributed by atoms with E-state index in [0.29, 0.717) is 18.2 Å². The Hall–Kier alpha value is -1.14. The molecule has 1 N–H and O–H groups in total. The second-order valence-electron chi connectivity index (χ2n) is 5.60. The number of rotatable bonds is 2. The van der Waals surface area contributed by atoms with E-state index in [9.17, 15) is 0 Å². The average Bonchev–Trinajstić information content (AvgIpc) is 3.11. The van der Waals surface area contributed by atoms with Crippen LogP contribution in [0.3, 0.4) is 0 Å². The highest BCUT2D eigenvalue weighted by Gasteiger charge is 2.42. The van der Waals surface area contributed by atoms with Crippen LogP contribution in [0.1, 0.15) is 37.9 Å². The Labute approximate surface area is 116 Å². The molecule has 5 nitrogen and oxygen atoms in total. The zero-order valence-electron chi connectivity index (χ0n) is 11.2. The van der Waals surface area contributed by atoms with Crippen molar-refractivity contribution in [2.75, 3.05) is 0 Å². The highest BCUT2D eigenvalue weighted by atomic mass is 32.1. The van der Waals surface area contributed by atoms with Crippen molar-refractivity contribution < 1.29 is 4.74 Å². The lowest BCUT2D eigenvalue weighted by Crippen LogP contribution is -2.21. The highest BCUT2D eigenvalue weighted by molar-refractivity contribution is 7.71. The van der Waals surface area contributed by atoms with Gasteiger partial charge in [-0.05, 0) is 37.9 Å². The molecule has 4 heterocycles. The molecule has 2 fully saturated rings. The third-order valence-electron chi connectivity index (χ3n) is 4.51. The minimum atomic E-state index is 0.329. The molecule has 0 amide bonds. The van der Waals surface area contributed by atoms with Gasteiger partial charge in [0.2, 0.25) is 0 Å². The second kappa shape index (κ2) is 3.93. The lowest BCUT2D eigenvalue weighted by molar-refractivity contribution is 0.0940. The van der Waals surface area contributed by atoms with Crippen molar-refractivity contribution in [3.63, 3.8) is 0 Å². The fourth-order valence-corrected chi connectivity index (χ4v) is 4.00. The van der Waals surface area contributed by atoms with Gasteiger partial charge in [-0.15, -0.1) is 0 Å². The average molecular weight is 278 g/mol. The molecule has 2 bridgehead atoms. The topological polar surface area (TPSA) is 47.8 Å². The summed E-state index contributed by atoms with van der Waals surface area (Å²) >= 11 is 5.54. The molecule has 2 saturated heterocycles. The summed E-state index contributed by atoms with van der Waals surface area (Å²) < 4.78 is 11.0. The Morgan fingerprint density at radius 1 is 1.47 bits per heavy atom. The number of nitrogens with zero attached hydrogens (tertiary/aromatic N) is 3. The molecule has 3 atom stereocenters. The first-order valence-corrected chi connectivity index (χ1v) is 7.41. The van der Waals surface area contributed by atoms with Gasteiger partial charge >= 0.3 is 0 Å². The number of hydrogen-bond donors (Lipinski definition) is 1. The smallest absolute Gasteiger partial charge is 0.179 e. The number of imidazole rings is 1. The first-order valence-electron chi connectivity index (χ1n) is 7.00. The zero-order chi connectivity index (χ0) is 13.1. The number of ether oxygens (including phenoxy) is 1. The van der Waals surface area contributed by atoms with Gasteiger partial charge in [-0.1, -0.05) is 6.92 Å². The summed E-state index contributed by atoms with van der Waals surface area (Å²) in [5, 5.41) is 4.58. The maximum Gasteiger partial charge on any atom is 0.179 e. The Bertz CT molecular complexity index is 697. The van der Waals surface area contributed by atoms with E-state index in [1.54, 1.807) is 0 Å². The first-order chi connectivity index (χ1) is 9.19. The van der Waals surface area contributed by atoms with Gasteiger partial charge in [-0.25, -0.2) is 0 Å². The summed E-state index contributed by atoms with van der Waals surface area (Å²) in [6, 6.07) is 0.375. The molecule has 6 heteroatoms. The van der Waals surface area contributed by atoms with Crippen molar-refractivity contribution in [3.05, 3.63) is 10.5 Å². The monoisotopic (exact) mass is 278 g/mol. The van der Waals surface area contributed by atoms with E-state index in [0.717, 1.165) is 40.9 Å². The maximum absolute atomic E-state index is 5.97. The molecule has 0 saturated carbocycles. The highest BCUT2D eigenvalue weighted by Crippen LogP contribution is 2.43. The Morgan fingerprint density at radius 2 is 2.32 bits per heavy atom. The van der Waals surface area contributed by atoms with Gasteiger partial charge in [-0.3, -0.25) is 9.25 Å². The van der Waals surface area contributed by atoms with E-state index in [2.05, 4.69) is 21.6 Å². The van der Waals surface area contributed by atoms with Crippen LogP contribution in [-0.2, 0) is 18.2 Å². The van der Waals surface area contributed by atoms with Gasteiger partial charge in [0.25, 0.3) is 0 Å². The van der Waals surface area contributed by atoms with Crippen molar-refractivity contribution in [1.82, 2.24) is 19.3 Å². The predicted molar refractivity (Wildman–Crippen MR) is 74.8 cm³/mol.